The number of aromatic nitrogens is 2. The van der Waals surface area contributed by atoms with Crippen LogP contribution < -0.4 is 0 Å². The van der Waals surface area contributed by atoms with E-state index < -0.39 is 0 Å². The first-order chi connectivity index (χ1) is 9.17. The number of thioether (sulfide) groups is 1. The van der Waals surface area contributed by atoms with E-state index in [0.717, 1.165) is 39.8 Å². The van der Waals surface area contributed by atoms with E-state index in [1.807, 2.05) is 23.9 Å². The van der Waals surface area contributed by atoms with Crippen LogP contribution in [0.25, 0.3) is 11.0 Å². The second-order valence-corrected chi connectivity index (χ2v) is 6.61. The minimum absolute atomic E-state index is 0.411. The van der Waals surface area contributed by atoms with Gasteiger partial charge in [0, 0.05) is 29.1 Å². The molecule has 1 aromatic carbocycles. The Labute approximate surface area is 128 Å². The van der Waals surface area contributed by atoms with E-state index in [-0.39, 0.29) is 0 Å². The monoisotopic (exact) mass is 316 g/mol. The van der Waals surface area contributed by atoms with Crippen LogP contribution in [-0.4, -0.2) is 26.9 Å². The zero-order valence-corrected chi connectivity index (χ0v) is 13.5. The van der Waals surface area contributed by atoms with Crippen LogP contribution in [0.3, 0.4) is 0 Å². The third-order valence-electron chi connectivity index (χ3n) is 3.05. The van der Waals surface area contributed by atoms with Gasteiger partial charge < -0.3 is 4.57 Å². The molecule has 2 rings (SSSR count). The third-order valence-corrected chi connectivity index (χ3v) is 4.60. The Morgan fingerprint density at radius 2 is 2.21 bits per heavy atom. The van der Waals surface area contributed by atoms with E-state index in [9.17, 15) is 0 Å². The van der Waals surface area contributed by atoms with Gasteiger partial charge in [-0.1, -0.05) is 18.5 Å². The molecule has 19 heavy (non-hydrogen) atoms. The SMILES string of the molecule is CCSCC(C)n1c(CCCl)nc2cc(Cl)ccc21. The predicted octanol–water partition coefficient (Wildman–Crippen LogP) is 4.79. The van der Waals surface area contributed by atoms with Crippen LogP contribution in [-0.2, 0) is 6.42 Å². The van der Waals surface area contributed by atoms with Gasteiger partial charge in [-0.2, -0.15) is 11.8 Å². The number of halogens is 2. The Hall–Kier alpha value is -0.380. The quantitative estimate of drug-likeness (QED) is 0.713. The first-order valence-corrected chi connectivity index (χ1v) is 8.54. The Morgan fingerprint density at radius 3 is 2.89 bits per heavy atom. The van der Waals surface area contributed by atoms with Gasteiger partial charge in [0.2, 0.25) is 0 Å². The van der Waals surface area contributed by atoms with Crippen LogP contribution in [0, 0.1) is 0 Å². The average molecular weight is 317 g/mol. The predicted molar refractivity (Wildman–Crippen MR) is 86.9 cm³/mol. The number of alkyl halides is 1. The lowest BCUT2D eigenvalue weighted by Gasteiger charge is -2.17. The van der Waals surface area contributed by atoms with Crippen molar-refractivity contribution in [2.24, 2.45) is 0 Å². The molecule has 5 heteroatoms. The minimum Gasteiger partial charge on any atom is -0.324 e. The topological polar surface area (TPSA) is 17.8 Å². The van der Waals surface area contributed by atoms with E-state index in [2.05, 4.69) is 29.5 Å². The fourth-order valence-electron chi connectivity index (χ4n) is 2.24. The summed E-state index contributed by atoms with van der Waals surface area (Å²) in [4.78, 5) is 4.68. The van der Waals surface area contributed by atoms with Gasteiger partial charge in [0.25, 0.3) is 0 Å². The van der Waals surface area contributed by atoms with Crippen LogP contribution in [0.2, 0.25) is 5.02 Å². The molecule has 0 spiro atoms. The molecule has 0 bridgehead atoms. The molecule has 1 aromatic heterocycles. The van der Waals surface area contributed by atoms with Gasteiger partial charge >= 0.3 is 0 Å². The summed E-state index contributed by atoms with van der Waals surface area (Å²) in [6.45, 7) is 4.42. The highest BCUT2D eigenvalue weighted by Gasteiger charge is 2.15. The lowest BCUT2D eigenvalue weighted by molar-refractivity contribution is 0.597. The second-order valence-electron chi connectivity index (χ2n) is 4.48. The molecule has 0 aliphatic rings. The van der Waals surface area contributed by atoms with Gasteiger partial charge in [0.05, 0.1) is 11.0 Å². The van der Waals surface area contributed by atoms with Gasteiger partial charge in [-0.25, -0.2) is 4.98 Å². The third kappa shape index (κ3) is 3.39. The summed E-state index contributed by atoms with van der Waals surface area (Å²) in [5, 5.41) is 0.727. The summed E-state index contributed by atoms with van der Waals surface area (Å²) in [5.74, 6) is 3.86. The number of imidazole rings is 1. The summed E-state index contributed by atoms with van der Waals surface area (Å²) in [5.41, 5.74) is 2.11. The Bertz CT molecular complexity index is 554. The molecule has 1 atom stereocenters. The zero-order valence-electron chi connectivity index (χ0n) is 11.2. The zero-order chi connectivity index (χ0) is 13.8. The first-order valence-electron chi connectivity index (χ1n) is 6.47. The molecular weight excluding hydrogens is 299 g/mol. The Kier molecular flexibility index (Phi) is 5.43. The highest BCUT2D eigenvalue weighted by Crippen LogP contribution is 2.26. The van der Waals surface area contributed by atoms with Crippen molar-refractivity contribution in [1.82, 2.24) is 9.55 Å². The molecule has 104 valence electrons. The van der Waals surface area contributed by atoms with Crippen molar-refractivity contribution in [2.45, 2.75) is 26.3 Å². The van der Waals surface area contributed by atoms with Crippen molar-refractivity contribution in [3.8, 4) is 0 Å². The molecular formula is C14H18Cl2N2S. The van der Waals surface area contributed by atoms with Crippen LogP contribution in [0.15, 0.2) is 18.2 Å². The smallest absolute Gasteiger partial charge is 0.111 e. The summed E-state index contributed by atoms with van der Waals surface area (Å²) >= 11 is 13.9. The van der Waals surface area contributed by atoms with E-state index in [1.165, 1.54) is 0 Å². The number of rotatable bonds is 6. The summed E-state index contributed by atoms with van der Waals surface area (Å²) in [6.07, 6.45) is 0.787. The van der Waals surface area contributed by atoms with Crippen LogP contribution in [0.4, 0.5) is 0 Å². The van der Waals surface area contributed by atoms with E-state index >= 15 is 0 Å². The van der Waals surface area contributed by atoms with Crippen LogP contribution in [0.5, 0.6) is 0 Å². The standard InChI is InChI=1S/C14H18Cl2N2S/c1-3-19-9-10(2)18-13-5-4-11(16)8-12(13)17-14(18)6-7-15/h4-5,8,10H,3,6-7,9H2,1-2H3. The molecule has 0 amide bonds. The average Bonchev–Trinajstić information content (AvgIpc) is 2.73. The number of fused-ring (bicyclic) bond motifs is 1. The Balaban J connectivity index is 2.45. The van der Waals surface area contributed by atoms with Gasteiger partial charge in [0.15, 0.2) is 0 Å². The molecule has 0 saturated carbocycles. The molecule has 1 unspecified atom stereocenters. The molecule has 0 radical (unpaired) electrons. The van der Waals surface area contributed by atoms with Gasteiger partial charge in [-0.05, 0) is 30.9 Å². The van der Waals surface area contributed by atoms with E-state index in [4.69, 9.17) is 23.2 Å². The van der Waals surface area contributed by atoms with Crippen molar-refractivity contribution >= 4 is 46.0 Å². The Morgan fingerprint density at radius 1 is 1.42 bits per heavy atom. The summed E-state index contributed by atoms with van der Waals surface area (Å²) in [7, 11) is 0. The highest BCUT2D eigenvalue weighted by molar-refractivity contribution is 7.99. The first kappa shape index (κ1) is 15.0. The summed E-state index contributed by atoms with van der Waals surface area (Å²) in [6, 6.07) is 6.31. The van der Waals surface area contributed by atoms with E-state index in [1.54, 1.807) is 0 Å². The second kappa shape index (κ2) is 6.87. The van der Waals surface area contributed by atoms with Crippen molar-refractivity contribution in [1.29, 1.82) is 0 Å². The lowest BCUT2D eigenvalue weighted by atomic mass is 10.3. The van der Waals surface area contributed by atoms with Crippen LogP contribution in [0.1, 0.15) is 25.7 Å². The fourth-order valence-corrected chi connectivity index (χ4v) is 3.30. The molecule has 0 N–H and O–H groups in total. The number of benzene rings is 1. The van der Waals surface area contributed by atoms with E-state index in [0.29, 0.717) is 11.9 Å². The molecule has 0 aliphatic heterocycles. The van der Waals surface area contributed by atoms with Crippen LogP contribution >= 0.6 is 35.0 Å². The fraction of sp³-hybridized carbons (Fsp3) is 0.500. The molecule has 0 saturated heterocycles. The number of hydrogen-bond donors (Lipinski definition) is 0. The normalized spacial score (nSPS) is 13.1. The van der Waals surface area contributed by atoms with Crippen molar-refractivity contribution in [2.75, 3.05) is 17.4 Å². The molecule has 0 fully saturated rings. The number of nitrogens with zero attached hydrogens (tertiary/aromatic N) is 2. The maximum atomic E-state index is 6.04. The number of aryl methyl sites for hydroxylation is 1. The summed E-state index contributed by atoms with van der Waals surface area (Å²) < 4.78 is 2.30. The maximum Gasteiger partial charge on any atom is 0.111 e. The highest BCUT2D eigenvalue weighted by atomic mass is 35.5. The number of hydrogen-bond acceptors (Lipinski definition) is 2. The van der Waals surface area contributed by atoms with Crippen molar-refractivity contribution < 1.29 is 0 Å². The van der Waals surface area contributed by atoms with Gasteiger partial charge in [-0.15, -0.1) is 11.6 Å². The van der Waals surface area contributed by atoms with Gasteiger partial charge in [0.1, 0.15) is 5.82 Å². The van der Waals surface area contributed by atoms with Crippen molar-refractivity contribution in [3.05, 3.63) is 29.0 Å². The maximum absolute atomic E-state index is 6.04. The molecule has 0 aliphatic carbocycles. The van der Waals surface area contributed by atoms with Gasteiger partial charge in [-0.3, -0.25) is 0 Å². The molecule has 2 aromatic rings. The largest absolute Gasteiger partial charge is 0.324 e. The van der Waals surface area contributed by atoms with Crippen molar-refractivity contribution in [3.63, 3.8) is 0 Å². The lowest BCUT2D eigenvalue weighted by Crippen LogP contribution is -2.12. The molecule has 2 nitrogen and oxygen atoms in total. The minimum atomic E-state index is 0.411. The molecule has 1 heterocycles.